The molecule has 2 heterocycles. The second kappa shape index (κ2) is 4.36. The number of carbonyl (C=O) groups is 3. The molecule has 1 unspecified atom stereocenters. The van der Waals surface area contributed by atoms with E-state index in [2.05, 4.69) is 15.6 Å². The second-order valence-corrected chi connectivity index (χ2v) is 3.74. The summed E-state index contributed by atoms with van der Waals surface area (Å²) in [6, 6.07) is -0.704. The Morgan fingerprint density at radius 1 is 1.59 bits per heavy atom. The minimum atomic E-state index is -0.704. The van der Waals surface area contributed by atoms with E-state index >= 15 is 0 Å². The number of imide groups is 1. The van der Waals surface area contributed by atoms with E-state index < -0.39 is 17.9 Å². The van der Waals surface area contributed by atoms with E-state index in [0.29, 0.717) is 12.1 Å². The maximum atomic E-state index is 11.7. The predicted molar refractivity (Wildman–Crippen MR) is 54.9 cm³/mol. The molecule has 2 rings (SSSR count). The maximum Gasteiger partial charge on any atom is 0.289 e. The molecule has 1 aliphatic heterocycles. The van der Waals surface area contributed by atoms with Crippen LogP contribution in [0.5, 0.6) is 0 Å². The van der Waals surface area contributed by atoms with Crippen LogP contribution in [0.4, 0.5) is 0 Å². The quantitative estimate of drug-likeness (QED) is 0.676. The molecule has 0 saturated carbocycles. The number of hydrogen-bond acceptors (Lipinski definition) is 5. The van der Waals surface area contributed by atoms with Crippen molar-refractivity contribution in [3.05, 3.63) is 17.8 Å². The summed E-state index contributed by atoms with van der Waals surface area (Å²) >= 11 is 0. The van der Waals surface area contributed by atoms with E-state index in [0.717, 1.165) is 6.39 Å². The second-order valence-electron chi connectivity index (χ2n) is 3.74. The molecular weight excluding hydrogens is 226 g/mol. The van der Waals surface area contributed by atoms with Crippen molar-refractivity contribution in [1.82, 2.24) is 15.6 Å². The fraction of sp³-hybridized carbons (Fsp3) is 0.400. The molecule has 1 atom stereocenters. The number of aryl methyl sites for hydroxylation is 1. The Balaban J connectivity index is 2.02. The SMILES string of the molecule is Cc1ncoc1C(=O)NC1CCC(=O)NC1=O. The van der Waals surface area contributed by atoms with Gasteiger partial charge in [-0.2, -0.15) is 0 Å². The molecule has 1 saturated heterocycles. The fourth-order valence-corrected chi connectivity index (χ4v) is 1.57. The number of oxazole rings is 1. The van der Waals surface area contributed by atoms with Crippen molar-refractivity contribution in [2.75, 3.05) is 0 Å². The van der Waals surface area contributed by atoms with Gasteiger partial charge in [-0.15, -0.1) is 0 Å². The Hall–Kier alpha value is -2.18. The summed E-state index contributed by atoms with van der Waals surface area (Å²) in [7, 11) is 0. The first-order chi connectivity index (χ1) is 8.08. The average molecular weight is 237 g/mol. The highest BCUT2D eigenvalue weighted by atomic mass is 16.3. The van der Waals surface area contributed by atoms with E-state index in [1.807, 2.05) is 0 Å². The summed E-state index contributed by atoms with van der Waals surface area (Å²) in [5.41, 5.74) is 0.454. The van der Waals surface area contributed by atoms with Crippen LogP contribution in [0.3, 0.4) is 0 Å². The molecule has 0 bridgehead atoms. The van der Waals surface area contributed by atoms with Crippen LogP contribution in [-0.2, 0) is 9.59 Å². The summed E-state index contributed by atoms with van der Waals surface area (Å²) in [4.78, 5) is 37.8. The van der Waals surface area contributed by atoms with Gasteiger partial charge >= 0.3 is 0 Å². The summed E-state index contributed by atoms with van der Waals surface area (Å²) in [5.74, 6) is -1.24. The topological polar surface area (TPSA) is 101 Å². The lowest BCUT2D eigenvalue weighted by Gasteiger charge is -2.21. The van der Waals surface area contributed by atoms with Gasteiger partial charge in [0.25, 0.3) is 5.91 Å². The van der Waals surface area contributed by atoms with E-state index in [-0.39, 0.29) is 18.1 Å². The zero-order valence-electron chi connectivity index (χ0n) is 9.15. The molecule has 2 N–H and O–H groups in total. The van der Waals surface area contributed by atoms with Crippen molar-refractivity contribution < 1.29 is 18.8 Å². The Labute approximate surface area is 96.6 Å². The normalized spacial score (nSPS) is 19.9. The van der Waals surface area contributed by atoms with Crippen molar-refractivity contribution in [2.45, 2.75) is 25.8 Å². The van der Waals surface area contributed by atoms with Crippen molar-refractivity contribution in [3.8, 4) is 0 Å². The zero-order valence-corrected chi connectivity index (χ0v) is 9.15. The number of hydrogen-bond donors (Lipinski definition) is 2. The molecule has 1 aliphatic rings. The lowest BCUT2D eigenvalue weighted by molar-refractivity contribution is -0.134. The predicted octanol–water partition coefficient (Wildman–Crippen LogP) is -0.482. The molecule has 1 aromatic heterocycles. The molecule has 7 heteroatoms. The van der Waals surface area contributed by atoms with Gasteiger partial charge in [-0.3, -0.25) is 19.7 Å². The Bertz CT molecular complexity index is 480. The molecule has 0 spiro atoms. The first kappa shape index (κ1) is 11.3. The third kappa shape index (κ3) is 2.32. The Morgan fingerprint density at radius 2 is 2.35 bits per heavy atom. The van der Waals surface area contributed by atoms with E-state index in [9.17, 15) is 14.4 Å². The number of carbonyl (C=O) groups excluding carboxylic acids is 3. The first-order valence-electron chi connectivity index (χ1n) is 5.12. The molecule has 1 fully saturated rings. The number of aromatic nitrogens is 1. The maximum absolute atomic E-state index is 11.7. The highest BCUT2D eigenvalue weighted by Crippen LogP contribution is 2.08. The molecule has 0 radical (unpaired) electrons. The molecular formula is C10H11N3O4. The minimum Gasteiger partial charge on any atom is -0.438 e. The smallest absolute Gasteiger partial charge is 0.289 e. The van der Waals surface area contributed by atoms with Crippen LogP contribution in [0.15, 0.2) is 10.8 Å². The van der Waals surface area contributed by atoms with E-state index in [1.165, 1.54) is 0 Å². The van der Waals surface area contributed by atoms with Gasteiger partial charge in [0.15, 0.2) is 6.39 Å². The largest absolute Gasteiger partial charge is 0.438 e. The number of piperidine rings is 1. The lowest BCUT2D eigenvalue weighted by atomic mass is 10.1. The molecule has 3 amide bonds. The van der Waals surface area contributed by atoms with Crippen molar-refractivity contribution in [2.24, 2.45) is 0 Å². The number of nitrogens with zero attached hydrogens (tertiary/aromatic N) is 1. The third-order valence-corrected chi connectivity index (χ3v) is 2.50. The van der Waals surface area contributed by atoms with Gasteiger partial charge < -0.3 is 9.73 Å². The van der Waals surface area contributed by atoms with Crippen LogP contribution in [0.25, 0.3) is 0 Å². The summed E-state index contributed by atoms with van der Waals surface area (Å²) in [6.45, 7) is 1.63. The first-order valence-corrected chi connectivity index (χ1v) is 5.12. The average Bonchev–Trinajstić information content (AvgIpc) is 2.68. The van der Waals surface area contributed by atoms with Crippen LogP contribution in [0, 0.1) is 6.92 Å². The van der Waals surface area contributed by atoms with E-state index in [1.54, 1.807) is 6.92 Å². The molecule has 0 aromatic carbocycles. The summed E-state index contributed by atoms with van der Waals surface area (Å²) in [6.07, 6.45) is 1.67. The minimum absolute atomic E-state index is 0.0784. The number of amides is 3. The van der Waals surface area contributed by atoms with Gasteiger partial charge in [0.2, 0.25) is 17.6 Å². The summed E-state index contributed by atoms with van der Waals surface area (Å²) in [5, 5.41) is 4.65. The number of nitrogens with one attached hydrogen (secondary N) is 2. The van der Waals surface area contributed by atoms with E-state index in [4.69, 9.17) is 4.42 Å². The van der Waals surface area contributed by atoms with Gasteiger partial charge in [0, 0.05) is 6.42 Å². The monoisotopic (exact) mass is 237 g/mol. The van der Waals surface area contributed by atoms with Gasteiger partial charge in [0.05, 0.1) is 5.69 Å². The van der Waals surface area contributed by atoms with Gasteiger partial charge in [-0.25, -0.2) is 4.98 Å². The van der Waals surface area contributed by atoms with Crippen molar-refractivity contribution >= 4 is 17.7 Å². The molecule has 7 nitrogen and oxygen atoms in total. The molecule has 90 valence electrons. The highest BCUT2D eigenvalue weighted by molar-refractivity contribution is 6.03. The standard InChI is InChI=1S/C10H11N3O4/c1-5-8(17-4-11-5)10(16)12-6-2-3-7(14)13-9(6)15/h4,6H,2-3H2,1H3,(H,12,16)(H,13,14,15). The zero-order chi connectivity index (χ0) is 12.4. The van der Waals surface area contributed by atoms with Crippen LogP contribution in [0.1, 0.15) is 29.1 Å². The van der Waals surface area contributed by atoms with Crippen molar-refractivity contribution in [1.29, 1.82) is 0 Å². The fourth-order valence-electron chi connectivity index (χ4n) is 1.57. The Kier molecular flexibility index (Phi) is 2.90. The molecule has 1 aromatic rings. The van der Waals surface area contributed by atoms with Crippen LogP contribution >= 0.6 is 0 Å². The summed E-state index contributed by atoms with van der Waals surface area (Å²) < 4.78 is 4.90. The lowest BCUT2D eigenvalue weighted by Crippen LogP contribution is -2.52. The van der Waals surface area contributed by atoms with Gasteiger partial charge in [-0.05, 0) is 13.3 Å². The van der Waals surface area contributed by atoms with Gasteiger partial charge in [0.1, 0.15) is 6.04 Å². The molecule has 0 aliphatic carbocycles. The van der Waals surface area contributed by atoms with Crippen LogP contribution in [0.2, 0.25) is 0 Å². The van der Waals surface area contributed by atoms with Gasteiger partial charge in [-0.1, -0.05) is 0 Å². The van der Waals surface area contributed by atoms with Crippen LogP contribution in [-0.4, -0.2) is 28.7 Å². The van der Waals surface area contributed by atoms with Crippen LogP contribution < -0.4 is 10.6 Å². The Morgan fingerprint density at radius 3 is 2.94 bits per heavy atom. The third-order valence-electron chi connectivity index (χ3n) is 2.50. The number of rotatable bonds is 2. The van der Waals surface area contributed by atoms with Crippen molar-refractivity contribution in [3.63, 3.8) is 0 Å². The molecule has 17 heavy (non-hydrogen) atoms. The highest BCUT2D eigenvalue weighted by Gasteiger charge is 2.29.